The third-order valence-electron chi connectivity index (χ3n) is 2.67. The SMILES string of the molecule is CCNc1cc(-c2nccnc2OC)nc(COCC)n1. The Hall–Kier alpha value is -2.28. The zero-order valence-electron chi connectivity index (χ0n) is 12.5. The van der Waals surface area contributed by atoms with E-state index in [0.29, 0.717) is 36.3 Å². The summed E-state index contributed by atoms with van der Waals surface area (Å²) in [6, 6.07) is 1.82. The first-order valence-electron chi connectivity index (χ1n) is 6.83. The minimum atomic E-state index is 0.352. The van der Waals surface area contributed by atoms with E-state index in [4.69, 9.17) is 9.47 Å². The quantitative estimate of drug-likeness (QED) is 0.833. The summed E-state index contributed by atoms with van der Waals surface area (Å²) in [5, 5.41) is 3.18. The van der Waals surface area contributed by atoms with Crippen LogP contribution in [-0.2, 0) is 11.3 Å². The largest absolute Gasteiger partial charge is 0.479 e. The Labute approximate surface area is 123 Å². The highest BCUT2D eigenvalue weighted by Crippen LogP contribution is 2.25. The number of hydrogen-bond acceptors (Lipinski definition) is 7. The van der Waals surface area contributed by atoms with Gasteiger partial charge in [0.1, 0.15) is 18.1 Å². The van der Waals surface area contributed by atoms with Crippen molar-refractivity contribution in [3.63, 3.8) is 0 Å². The highest BCUT2D eigenvalue weighted by Gasteiger charge is 2.13. The molecule has 0 radical (unpaired) electrons. The molecule has 0 atom stereocenters. The van der Waals surface area contributed by atoms with Gasteiger partial charge in [-0.15, -0.1) is 0 Å². The molecule has 21 heavy (non-hydrogen) atoms. The van der Waals surface area contributed by atoms with Crippen LogP contribution in [0, 0.1) is 0 Å². The van der Waals surface area contributed by atoms with E-state index in [9.17, 15) is 0 Å². The van der Waals surface area contributed by atoms with Gasteiger partial charge in [0.15, 0.2) is 11.5 Å². The normalized spacial score (nSPS) is 10.4. The first-order valence-corrected chi connectivity index (χ1v) is 6.83. The number of anilines is 1. The standard InChI is InChI=1S/C14H19N5O2/c1-4-15-11-8-10(18-12(19-11)9-21-5-2)13-14(20-3)17-7-6-16-13/h6-8H,4-5,9H2,1-3H3,(H,15,18,19). The van der Waals surface area contributed by atoms with E-state index in [1.807, 2.05) is 19.9 Å². The fourth-order valence-corrected chi connectivity index (χ4v) is 1.80. The second kappa shape index (κ2) is 7.49. The fourth-order valence-electron chi connectivity index (χ4n) is 1.80. The van der Waals surface area contributed by atoms with Gasteiger partial charge in [0, 0.05) is 31.6 Å². The molecule has 0 saturated carbocycles. The third-order valence-corrected chi connectivity index (χ3v) is 2.67. The number of nitrogens with zero attached hydrogens (tertiary/aromatic N) is 4. The lowest BCUT2D eigenvalue weighted by Crippen LogP contribution is -2.07. The minimum Gasteiger partial charge on any atom is -0.479 e. The fraction of sp³-hybridized carbons (Fsp3) is 0.429. The van der Waals surface area contributed by atoms with Crippen LogP contribution in [-0.4, -0.2) is 40.2 Å². The van der Waals surface area contributed by atoms with Crippen molar-refractivity contribution in [3.8, 4) is 17.3 Å². The Morgan fingerprint density at radius 3 is 2.67 bits per heavy atom. The zero-order chi connectivity index (χ0) is 15.1. The summed E-state index contributed by atoms with van der Waals surface area (Å²) in [7, 11) is 1.56. The van der Waals surface area contributed by atoms with E-state index < -0.39 is 0 Å². The number of methoxy groups -OCH3 is 1. The van der Waals surface area contributed by atoms with Crippen LogP contribution in [0.2, 0.25) is 0 Å². The predicted molar refractivity (Wildman–Crippen MR) is 79.1 cm³/mol. The van der Waals surface area contributed by atoms with E-state index in [0.717, 1.165) is 12.4 Å². The van der Waals surface area contributed by atoms with Gasteiger partial charge in [-0.1, -0.05) is 0 Å². The maximum Gasteiger partial charge on any atom is 0.241 e. The summed E-state index contributed by atoms with van der Waals surface area (Å²) in [5.74, 6) is 1.75. The van der Waals surface area contributed by atoms with E-state index in [1.165, 1.54) is 0 Å². The Bertz CT molecular complexity index is 591. The summed E-state index contributed by atoms with van der Waals surface area (Å²) >= 11 is 0. The van der Waals surface area contributed by atoms with Crippen LogP contribution in [0.15, 0.2) is 18.5 Å². The maximum absolute atomic E-state index is 5.38. The van der Waals surface area contributed by atoms with Gasteiger partial charge < -0.3 is 14.8 Å². The van der Waals surface area contributed by atoms with Crippen LogP contribution in [0.3, 0.4) is 0 Å². The van der Waals surface area contributed by atoms with Crippen LogP contribution >= 0.6 is 0 Å². The Morgan fingerprint density at radius 1 is 1.14 bits per heavy atom. The first kappa shape index (κ1) is 15.1. The van der Waals surface area contributed by atoms with Gasteiger partial charge >= 0.3 is 0 Å². The topological polar surface area (TPSA) is 82.1 Å². The van der Waals surface area contributed by atoms with Gasteiger partial charge in [-0.25, -0.2) is 19.9 Å². The number of aromatic nitrogens is 4. The minimum absolute atomic E-state index is 0.352. The molecule has 2 rings (SSSR count). The van der Waals surface area contributed by atoms with Gasteiger partial charge in [0.2, 0.25) is 5.88 Å². The summed E-state index contributed by atoms with van der Waals surface area (Å²) in [5.41, 5.74) is 1.24. The van der Waals surface area contributed by atoms with E-state index in [-0.39, 0.29) is 0 Å². The monoisotopic (exact) mass is 289 g/mol. The van der Waals surface area contributed by atoms with Gasteiger partial charge in [-0.3, -0.25) is 0 Å². The molecule has 2 heterocycles. The average molecular weight is 289 g/mol. The van der Waals surface area contributed by atoms with Crippen molar-refractivity contribution in [1.29, 1.82) is 0 Å². The van der Waals surface area contributed by atoms with Crippen molar-refractivity contribution in [2.24, 2.45) is 0 Å². The van der Waals surface area contributed by atoms with Gasteiger partial charge in [-0.05, 0) is 13.8 Å². The van der Waals surface area contributed by atoms with Crippen molar-refractivity contribution in [2.75, 3.05) is 25.6 Å². The summed E-state index contributed by atoms with van der Waals surface area (Å²) in [6.45, 7) is 5.67. The van der Waals surface area contributed by atoms with E-state index in [2.05, 4.69) is 25.3 Å². The molecule has 0 aromatic carbocycles. The predicted octanol–water partition coefficient (Wildman–Crippen LogP) is 1.91. The molecular weight excluding hydrogens is 270 g/mol. The number of rotatable bonds is 7. The zero-order valence-corrected chi connectivity index (χ0v) is 12.5. The van der Waals surface area contributed by atoms with Crippen molar-refractivity contribution < 1.29 is 9.47 Å². The molecule has 2 aromatic heterocycles. The smallest absolute Gasteiger partial charge is 0.241 e. The van der Waals surface area contributed by atoms with Crippen LogP contribution in [0.1, 0.15) is 19.7 Å². The Kier molecular flexibility index (Phi) is 5.39. The first-order chi connectivity index (χ1) is 10.3. The number of nitrogens with one attached hydrogen (secondary N) is 1. The number of ether oxygens (including phenoxy) is 2. The molecule has 2 aromatic rings. The highest BCUT2D eigenvalue weighted by atomic mass is 16.5. The maximum atomic E-state index is 5.38. The molecule has 0 fully saturated rings. The molecule has 7 heteroatoms. The molecule has 1 N–H and O–H groups in total. The Balaban J connectivity index is 2.43. The molecule has 0 saturated heterocycles. The molecule has 0 bridgehead atoms. The van der Waals surface area contributed by atoms with Gasteiger partial charge in [0.05, 0.1) is 7.11 Å². The van der Waals surface area contributed by atoms with Crippen molar-refractivity contribution in [3.05, 3.63) is 24.3 Å². The average Bonchev–Trinajstić information content (AvgIpc) is 2.53. The highest BCUT2D eigenvalue weighted by molar-refractivity contribution is 5.63. The molecule has 112 valence electrons. The lowest BCUT2D eigenvalue weighted by molar-refractivity contribution is 0.128. The van der Waals surface area contributed by atoms with Crippen LogP contribution in [0.25, 0.3) is 11.4 Å². The van der Waals surface area contributed by atoms with Crippen molar-refractivity contribution in [1.82, 2.24) is 19.9 Å². The molecule has 0 aliphatic carbocycles. The van der Waals surface area contributed by atoms with Gasteiger partial charge in [0.25, 0.3) is 0 Å². The summed E-state index contributed by atoms with van der Waals surface area (Å²) < 4.78 is 10.6. The lowest BCUT2D eigenvalue weighted by Gasteiger charge is -2.10. The Morgan fingerprint density at radius 2 is 1.95 bits per heavy atom. The van der Waals surface area contributed by atoms with E-state index in [1.54, 1.807) is 19.5 Å². The second-order valence-corrected chi connectivity index (χ2v) is 4.14. The van der Waals surface area contributed by atoms with E-state index >= 15 is 0 Å². The molecule has 0 unspecified atom stereocenters. The molecule has 0 aliphatic heterocycles. The molecule has 0 aliphatic rings. The summed E-state index contributed by atoms with van der Waals surface area (Å²) in [4.78, 5) is 17.3. The molecule has 0 amide bonds. The number of hydrogen-bond donors (Lipinski definition) is 1. The molecular formula is C14H19N5O2. The van der Waals surface area contributed by atoms with Crippen molar-refractivity contribution >= 4 is 5.82 Å². The van der Waals surface area contributed by atoms with Crippen LogP contribution in [0.4, 0.5) is 5.82 Å². The van der Waals surface area contributed by atoms with Crippen LogP contribution in [0.5, 0.6) is 5.88 Å². The molecule has 0 spiro atoms. The third kappa shape index (κ3) is 3.85. The van der Waals surface area contributed by atoms with Crippen molar-refractivity contribution in [2.45, 2.75) is 20.5 Å². The molecule has 7 nitrogen and oxygen atoms in total. The second-order valence-electron chi connectivity index (χ2n) is 4.14. The summed E-state index contributed by atoms with van der Waals surface area (Å²) in [6.07, 6.45) is 3.19. The van der Waals surface area contributed by atoms with Crippen LogP contribution < -0.4 is 10.1 Å². The van der Waals surface area contributed by atoms with Gasteiger partial charge in [-0.2, -0.15) is 0 Å². The lowest BCUT2D eigenvalue weighted by atomic mass is 10.3.